The van der Waals surface area contributed by atoms with Crippen molar-refractivity contribution in [3.8, 4) is 0 Å². The molecule has 1 aliphatic heterocycles. The van der Waals surface area contributed by atoms with E-state index in [0.717, 1.165) is 0 Å². The average Bonchev–Trinajstić information content (AvgIpc) is 2.39. The summed E-state index contributed by atoms with van der Waals surface area (Å²) in [5, 5.41) is 9.18. The number of piperidine rings is 1. The molecule has 0 aliphatic carbocycles. The predicted molar refractivity (Wildman–Crippen MR) is 63.3 cm³/mol. The number of aliphatic carboxylic acids is 1. The molecule has 2 rings (SSSR count). The van der Waals surface area contributed by atoms with Gasteiger partial charge in [-0.15, -0.1) is 0 Å². The Balaban J connectivity index is 2.09. The molecule has 0 spiro atoms. The largest absolute Gasteiger partial charge is 0.481 e. The number of aromatic nitrogens is 2. The van der Waals surface area contributed by atoms with Crippen LogP contribution in [0.25, 0.3) is 0 Å². The van der Waals surface area contributed by atoms with E-state index in [9.17, 15) is 9.59 Å². The minimum Gasteiger partial charge on any atom is -0.481 e. The topological polar surface area (TPSA) is 83.4 Å². The van der Waals surface area contributed by atoms with E-state index in [1.54, 1.807) is 0 Å². The van der Waals surface area contributed by atoms with E-state index >= 15 is 0 Å². The van der Waals surface area contributed by atoms with Crippen LogP contribution in [0.3, 0.4) is 0 Å². The zero-order valence-corrected chi connectivity index (χ0v) is 10.3. The third-order valence-electron chi connectivity index (χ3n) is 2.90. The number of rotatable bonds is 2. The van der Waals surface area contributed by atoms with Crippen LogP contribution in [0.2, 0.25) is 5.15 Å². The van der Waals surface area contributed by atoms with Crippen LogP contribution in [0, 0.1) is 5.92 Å². The van der Waals surface area contributed by atoms with Crippen molar-refractivity contribution in [1.82, 2.24) is 14.9 Å². The number of carboxylic acid groups (broad SMARTS) is 1. The van der Waals surface area contributed by atoms with Gasteiger partial charge in [0.05, 0.1) is 18.3 Å². The molecule has 1 amide bonds. The molecule has 0 radical (unpaired) electrons. The molecule has 96 valence electrons. The lowest BCUT2D eigenvalue weighted by Gasteiger charge is -2.30. The Morgan fingerprint density at radius 1 is 1.39 bits per heavy atom. The summed E-state index contributed by atoms with van der Waals surface area (Å²) >= 11 is 5.59. The molecule has 18 heavy (non-hydrogen) atoms. The molecule has 1 atom stereocenters. The van der Waals surface area contributed by atoms with Crippen molar-refractivity contribution < 1.29 is 14.7 Å². The molecule has 1 N–H and O–H groups in total. The Bertz CT molecular complexity index is 463. The molecule has 0 aromatic carbocycles. The van der Waals surface area contributed by atoms with E-state index in [1.165, 1.54) is 17.3 Å². The van der Waals surface area contributed by atoms with Gasteiger partial charge in [-0.25, -0.2) is 9.97 Å². The summed E-state index contributed by atoms with van der Waals surface area (Å²) in [7, 11) is 0. The van der Waals surface area contributed by atoms with Crippen LogP contribution in [-0.2, 0) is 4.79 Å². The summed E-state index contributed by atoms with van der Waals surface area (Å²) in [6.07, 6.45) is 3.89. The van der Waals surface area contributed by atoms with Crippen molar-refractivity contribution in [1.29, 1.82) is 0 Å². The van der Waals surface area contributed by atoms with Gasteiger partial charge in [-0.05, 0) is 12.8 Å². The van der Waals surface area contributed by atoms with E-state index in [2.05, 4.69) is 9.97 Å². The number of likely N-dealkylation sites (tertiary alicyclic amines) is 1. The maximum atomic E-state index is 12.1. The Kier molecular flexibility index (Phi) is 3.76. The summed E-state index contributed by atoms with van der Waals surface area (Å²) in [6.45, 7) is 0.769. The molecule has 1 saturated heterocycles. The van der Waals surface area contributed by atoms with Crippen molar-refractivity contribution in [2.45, 2.75) is 12.8 Å². The minimum absolute atomic E-state index is 0.186. The van der Waals surface area contributed by atoms with E-state index in [4.69, 9.17) is 16.7 Å². The SMILES string of the molecule is O=C(O)[C@H]1CCCN(C(=O)c2cnc(Cl)cn2)C1. The monoisotopic (exact) mass is 269 g/mol. The van der Waals surface area contributed by atoms with Gasteiger partial charge in [-0.2, -0.15) is 0 Å². The van der Waals surface area contributed by atoms with Gasteiger partial charge < -0.3 is 10.0 Å². The van der Waals surface area contributed by atoms with Crippen LogP contribution in [-0.4, -0.2) is 44.9 Å². The number of hydrogen-bond donors (Lipinski definition) is 1. The van der Waals surface area contributed by atoms with Crippen LogP contribution in [0.1, 0.15) is 23.3 Å². The van der Waals surface area contributed by atoms with Gasteiger partial charge >= 0.3 is 5.97 Å². The molecule has 1 fully saturated rings. The van der Waals surface area contributed by atoms with Gasteiger partial charge in [0.15, 0.2) is 0 Å². The second kappa shape index (κ2) is 5.30. The van der Waals surface area contributed by atoms with Gasteiger partial charge in [0.25, 0.3) is 5.91 Å². The first kappa shape index (κ1) is 12.8. The van der Waals surface area contributed by atoms with Gasteiger partial charge in [0, 0.05) is 13.1 Å². The average molecular weight is 270 g/mol. The first-order chi connectivity index (χ1) is 8.58. The first-order valence-corrected chi connectivity index (χ1v) is 5.95. The van der Waals surface area contributed by atoms with Gasteiger partial charge in [0.2, 0.25) is 0 Å². The van der Waals surface area contributed by atoms with Crippen molar-refractivity contribution >= 4 is 23.5 Å². The predicted octanol–water partition coefficient (Wildman–Crippen LogP) is 1.07. The number of nitrogens with zero attached hydrogens (tertiary/aromatic N) is 3. The molecule has 1 aliphatic rings. The Morgan fingerprint density at radius 2 is 2.17 bits per heavy atom. The van der Waals surface area contributed by atoms with Crippen molar-refractivity contribution in [3.63, 3.8) is 0 Å². The molecule has 0 saturated carbocycles. The van der Waals surface area contributed by atoms with E-state index in [-0.39, 0.29) is 23.3 Å². The van der Waals surface area contributed by atoms with Crippen LogP contribution in [0.5, 0.6) is 0 Å². The van der Waals surface area contributed by atoms with Crippen LogP contribution < -0.4 is 0 Å². The maximum Gasteiger partial charge on any atom is 0.308 e. The Morgan fingerprint density at radius 3 is 2.78 bits per heavy atom. The summed E-state index contributed by atoms with van der Waals surface area (Å²) < 4.78 is 0. The zero-order valence-electron chi connectivity index (χ0n) is 9.54. The molecule has 2 heterocycles. The van der Waals surface area contributed by atoms with E-state index in [0.29, 0.717) is 19.4 Å². The number of carbonyl (C=O) groups excluding carboxylic acids is 1. The number of carbonyl (C=O) groups is 2. The molecule has 1 aromatic rings. The zero-order chi connectivity index (χ0) is 13.1. The van der Waals surface area contributed by atoms with Crippen molar-refractivity contribution in [2.75, 3.05) is 13.1 Å². The second-order valence-corrected chi connectivity index (χ2v) is 4.54. The minimum atomic E-state index is -0.866. The molecule has 0 bridgehead atoms. The Hall–Kier alpha value is -1.69. The van der Waals surface area contributed by atoms with Crippen LogP contribution in [0.15, 0.2) is 12.4 Å². The van der Waals surface area contributed by atoms with Crippen LogP contribution in [0.4, 0.5) is 0 Å². The maximum absolute atomic E-state index is 12.1. The van der Waals surface area contributed by atoms with Crippen LogP contribution >= 0.6 is 11.6 Å². The van der Waals surface area contributed by atoms with E-state index in [1.807, 2.05) is 0 Å². The van der Waals surface area contributed by atoms with Gasteiger partial charge in [0.1, 0.15) is 10.8 Å². The third-order valence-corrected chi connectivity index (χ3v) is 3.09. The lowest BCUT2D eigenvalue weighted by atomic mass is 9.98. The molecule has 7 heteroatoms. The number of halogens is 1. The standard InChI is InChI=1S/C11H12ClN3O3/c12-9-5-13-8(4-14-9)10(16)15-3-1-2-7(6-15)11(17)18/h4-5,7H,1-3,6H2,(H,17,18)/t7-/m0/s1. The van der Waals surface area contributed by atoms with Gasteiger partial charge in [-0.1, -0.05) is 11.6 Å². The van der Waals surface area contributed by atoms with E-state index < -0.39 is 11.9 Å². The highest BCUT2D eigenvalue weighted by molar-refractivity contribution is 6.29. The highest BCUT2D eigenvalue weighted by Gasteiger charge is 2.29. The highest BCUT2D eigenvalue weighted by atomic mass is 35.5. The van der Waals surface area contributed by atoms with Crippen molar-refractivity contribution in [2.24, 2.45) is 5.92 Å². The lowest BCUT2D eigenvalue weighted by molar-refractivity contribution is -0.143. The Labute approximate surface area is 109 Å². The molecule has 1 aromatic heterocycles. The number of carboxylic acids is 1. The second-order valence-electron chi connectivity index (χ2n) is 4.15. The molecule has 6 nitrogen and oxygen atoms in total. The number of hydrogen-bond acceptors (Lipinski definition) is 4. The first-order valence-electron chi connectivity index (χ1n) is 5.57. The highest BCUT2D eigenvalue weighted by Crippen LogP contribution is 2.18. The smallest absolute Gasteiger partial charge is 0.308 e. The lowest BCUT2D eigenvalue weighted by Crippen LogP contribution is -2.42. The molecular weight excluding hydrogens is 258 g/mol. The fraction of sp³-hybridized carbons (Fsp3) is 0.455. The molecule has 0 unspecified atom stereocenters. The van der Waals surface area contributed by atoms with Crippen molar-refractivity contribution in [3.05, 3.63) is 23.2 Å². The normalized spacial score (nSPS) is 19.6. The fourth-order valence-electron chi connectivity index (χ4n) is 1.95. The third kappa shape index (κ3) is 2.76. The summed E-state index contributed by atoms with van der Waals surface area (Å²) in [6, 6.07) is 0. The summed E-state index contributed by atoms with van der Waals surface area (Å²) in [4.78, 5) is 32.2. The van der Waals surface area contributed by atoms with Gasteiger partial charge in [-0.3, -0.25) is 9.59 Å². The molecular formula is C11H12ClN3O3. The summed E-state index contributed by atoms with van der Waals surface area (Å²) in [5.74, 6) is -1.66. The number of amides is 1. The quantitative estimate of drug-likeness (QED) is 0.868. The fourth-order valence-corrected chi connectivity index (χ4v) is 2.05. The summed E-state index contributed by atoms with van der Waals surface area (Å²) in [5.41, 5.74) is 0.186.